The Morgan fingerprint density at radius 3 is 2.23 bits per heavy atom. The molecular weight excluding hydrogens is 214 g/mol. The third kappa shape index (κ3) is 2.33. The molecular formula is C9H9Cl2FO. The lowest BCUT2D eigenvalue weighted by atomic mass is 9.98. The van der Waals surface area contributed by atoms with E-state index in [2.05, 4.69) is 0 Å². The predicted molar refractivity (Wildman–Crippen MR) is 51.7 cm³/mol. The van der Waals surface area contributed by atoms with Crippen LogP contribution in [0, 0.1) is 5.82 Å². The highest BCUT2D eigenvalue weighted by Gasteiger charge is 2.21. The van der Waals surface area contributed by atoms with Crippen molar-refractivity contribution in [3.05, 3.63) is 33.6 Å². The Hall–Kier alpha value is -0.310. The van der Waals surface area contributed by atoms with E-state index in [1.54, 1.807) is 0 Å². The van der Waals surface area contributed by atoms with Crippen LogP contribution in [0.1, 0.15) is 19.4 Å². The molecule has 0 bridgehead atoms. The molecule has 13 heavy (non-hydrogen) atoms. The Balaban J connectivity index is 3.32. The number of benzene rings is 1. The van der Waals surface area contributed by atoms with Crippen LogP contribution >= 0.6 is 23.2 Å². The molecule has 72 valence electrons. The van der Waals surface area contributed by atoms with Gasteiger partial charge in [0.15, 0.2) is 0 Å². The Morgan fingerprint density at radius 1 is 1.23 bits per heavy atom. The molecule has 0 fully saturated rings. The first-order valence-electron chi connectivity index (χ1n) is 3.70. The maximum atomic E-state index is 13.0. The van der Waals surface area contributed by atoms with Gasteiger partial charge in [0.2, 0.25) is 0 Å². The smallest absolute Gasteiger partial charge is 0.142 e. The summed E-state index contributed by atoms with van der Waals surface area (Å²) in [5.74, 6) is -0.580. The van der Waals surface area contributed by atoms with E-state index >= 15 is 0 Å². The molecule has 0 unspecified atom stereocenters. The highest BCUT2D eigenvalue weighted by molar-refractivity contribution is 6.35. The molecule has 0 saturated heterocycles. The van der Waals surface area contributed by atoms with E-state index in [0.29, 0.717) is 5.56 Å². The predicted octanol–water partition coefficient (Wildman–Crippen LogP) is 3.36. The summed E-state index contributed by atoms with van der Waals surface area (Å²) in [6, 6.07) is 2.43. The van der Waals surface area contributed by atoms with Crippen LogP contribution in [0.15, 0.2) is 12.1 Å². The molecule has 0 saturated carbocycles. The maximum absolute atomic E-state index is 13.0. The van der Waals surface area contributed by atoms with Gasteiger partial charge in [0.25, 0.3) is 0 Å². The summed E-state index contributed by atoms with van der Waals surface area (Å²) in [6.07, 6.45) is 0. The molecule has 1 nitrogen and oxygen atoms in total. The van der Waals surface area contributed by atoms with Crippen molar-refractivity contribution in [3.63, 3.8) is 0 Å². The van der Waals surface area contributed by atoms with Gasteiger partial charge in [-0.1, -0.05) is 23.2 Å². The second-order valence-electron chi connectivity index (χ2n) is 3.31. The first kappa shape index (κ1) is 10.8. The lowest BCUT2D eigenvalue weighted by Crippen LogP contribution is -2.16. The summed E-state index contributed by atoms with van der Waals surface area (Å²) < 4.78 is 13.0. The summed E-state index contributed by atoms with van der Waals surface area (Å²) >= 11 is 11.3. The second-order valence-corrected chi connectivity index (χ2v) is 4.12. The summed E-state index contributed by atoms with van der Waals surface area (Å²) in [6.45, 7) is 3.06. The van der Waals surface area contributed by atoms with Crippen LogP contribution in [0.4, 0.5) is 4.39 Å². The van der Waals surface area contributed by atoms with Crippen LogP contribution in [0.3, 0.4) is 0 Å². The Labute approximate surface area is 86.1 Å². The van der Waals surface area contributed by atoms with Crippen molar-refractivity contribution >= 4 is 23.2 Å². The summed E-state index contributed by atoms with van der Waals surface area (Å²) in [7, 11) is 0. The van der Waals surface area contributed by atoms with Crippen molar-refractivity contribution in [1.29, 1.82) is 0 Å². The van der Waals surface area contributed by atoms with Gasteiger partial charge in [-0.05, 0) is 26.0 Å². The van der Waals surface area contributed by atoms with Gasteiger partial charge in [-0.15, -0.1) is 0 Å². The highest BCUT2D eigenvalue weighted by Crippen LogP contribution is 2.31. The Morgan fingerprint density at radius 2 is 1.77 bits per heavy atom. The standard InChI is InChI=1S/C9H9Cl2FO/c1-9(2,13)5-3-8(12)7(11)4-6(5)10/h3-4,13H,1-2H3. The van der Waals surface area contributed by atoms with Crippen LogP contribution in [-0.4, -0.2) is 5.11 Å². The van der Waals surface area contributed by atoms with Gasteiger partial charge in [-0.3, -0.25) is 0 Å². The molecule has 0 aliphatic carbocycles. The van der Waals surface area contributed by atoms with Gasteiger partial charge in [-0.2, -0.15) is 0 Å². The van der Waals surface area contributed by atoms with Crippen LogP contribution in [-0.2, 0) is 5.60 Å². The van der Waals surface area contributed by atoms with Crippen molar-refractivity contribution in [3.8, 4) is 0 Å². The van der Waals surface area contributed by atoms with Crippen molar-refractivity contribution in [1.82, 2.24) is 0 Å². The maximum Gasteiger partial charge on any atom is 0.142 e. The average Bonchev–Trinajstić information content (AvgIpc) is 1.94. The van der Waals surface area contributed by atoms with Gasteiger partial charge in [0.1, 0.15) is 5.82 Å². The number of hydrogen-bond acceptors (Lipinski definition) is 1. The zero-order valence-corrected chi connectivity index (χ0v) is 8.75. The molecule has 0 aliphatic heterocycles. The minimum absolute atomic E-state index is 0.0435. The van der Waals surface area contributed by atoms with E-state index in [4.69, 9.17) is 23.2 Å². The molecule has 1 rings (SSSR count). The SMILES string of the molecule is CC(C)(O)c1cc(F)c(Cl)cc1Cl. The lowest BCUT2D eigenvalue weighted by molar-refractivity contribution is 0.0783. The van der Waals surface area contributed by atoms with Crippen molar-refractivity contribution in [2.24, 2.45) is 0 Å². The quantitative estimate of drug-likeness (QED) is 0.723. The van der Waals surface area contributed by atoms with E-state index in [-0.39, 0.29) is 10.0 Å². The third-order valence-electron chi connectivity index (χ3n) is 1.67. The number of rotatable bonds is 1. The van der Waals surface area contributed by atoms with Crippen LogP contribution in [0.25, 0.3) is 0 Å². The van der Waals surface area contributed by atoms with E-state index in [1.807, 2.05) is 0 Å². The first-order valence-corrected chi connectivity index (χ1v) is 4.45. The molecule has 0 aromatic heterocycles. The monoisotopic (exact) mass is 222 g/mol. The summed E-state index contributed by atoms with van der Waals surface area (Å²) in [5.41, 5.74) is -0.834. The van der Waals surface area contributed by atoms with E-state index in [1.165, 1.54) is 19.9 Å². The molecule has 0 aliphatic rings. The lowest BCUT2D eigenvalue weighted by Gasteiger charge is -2.19. The molecule has 1 aromatic rings. The van der Waals surface area contributed by atoms with Gasteiger partial charge < -0.3 is 5.11 Å². The minimum Gasteiger partial charge on any atom is -0.386 e. The van der Waals surface area contributed by atoms with Crippen LogP contribution in [0.5, 0.6) is 0 Å². The molecule has 0 heterocycles. The summed E-state index contributed by atoms with van der Waals surface area (Å²) in [4.78, 5) is 0. The van der Waals surface area contributed by atoms with Crippen LogP contribution < -0.4 is 0 Å². The van der Waals surface area contributed by atoms with Gasteiger partial charge in [-0.25, -0.2) is 4.39 Å². The first-order chi connectivity index (χ1) is 5.82. The largest absolute Gasteiger partial charge is 0.386 e. The molecule has 0 atom stereocenters. The molecule has 0 radical (unpaired) electrons. The van der Waals surface area contributed by atoms with Crippen molar-refractivity contribution in [2.45, 2.75) is 19.4 Å². The second kappa shape index (κ2) is 3.45. The Bertz CT molecular complexity index is 331. The normalized spacial score (nSPS) is 11.8. The number of hydrogen-bond donors (Lipinski definition) is 1. The summed E-state index contributed by atoms with van der Waals surface area (Å²) in [5, 5.41) is 9.81. The fourth-order valence-electron chi connectivity index (χ4n) is 0.991. The highest BCUT2D eigenvalue weighted by atomic mass is 35.5. The van der Waals surface area contributed by atoms with E-state index in [9.17, 15) is 9.50 Å². The van der Waals surface area contributed by atoms with Gasteiger partial charge in [0, 0.05) is 10.6 Å². The fourth-order valence-corrected chi connectivity index (χ4v) is 1.61. The van der Waals surface area contributed by atoms with Gasteiger partial charge in [0.05, 0.1) is 10.6 Å². The molecule has 1 aromatic carbocycles. The molecule has 0 spiro atoms. The topological polar surface area (TPSA) is 20.2 Å². The third-order valence-corrected chi connectivity index (χ3v) is 2.27. The van der Waals surface area contributed by atoms with E-state index in [0.717, 1.165) is 6.07 Å². The number of halogens is 3. The Kier molecular flexibility index (Phi) is 2.85. The fraction of sp³-hybridized carbons (Fsp3) is 0.333. The molecule has 1 N–H and O–H groups in total. The van der Waals surface area contributed by atoms with Gasteiger partial charge >= 0.3 is 0 Å². The molecule has 4 heteroatoms. The zero-order valence-electron chi connectivity index (χ0n) is 7.24. The van der Waals surface area contributed by atoms with Crippen molar-refractivity contribution < 1.29 is 9.50 Å². The van der Waals surface area contributed by atoms with E-state index < -0.39 is 11.4 Å². The average molecular weight is 223 g/mol. The van der Waals surface area contributed by atoms with Crippen molar-refractivity contribution in [2.75, 3.05) is 0 Å². The zero-order chi connectivity index (χ0) is 10.2. The van der Waals surface area contributed by atoms with Crippen LogP contribution in [0.2, 0.25) is 10.0 Å². The minimum atomic E-state index is -1.16. The number of aliphatic hydroxyl groups is 1. The molecule has 0 amide bonds.